The molecule has 21 heavy (non-hydrogen) atoms. The average molecular weight is 361 g/mol. The summed E-state index contributed by atoms with van der Waals surface area (Å²) in [6.45, 7) is 0. The predicted molar refractivity (Wildman–Crippen MR) is 89.3 cm³/mol. The largest absolute Gasteiger partial charge is 0.325 e. The van der Waals surface area contributed by atoms with Gasteiger partial charge in [-0.05, 0) is 45.8 Å². The molecule has 0 fully saturated rings. The van der Waals surface area contributed by atoms with Gasteiger partial charge in [-0.15, -0.1) is 11.8 Å². The van der Waals surface area contributed by atoms with Crippen LogP contribution in [-0.2, 0) is 11.2 Å². The number of hydrogen-bond acceptors (Lipinski definition) is 3. The second kappa shape index (κ2) is 7.87. The summed E-state index contributed by atoms with van der Waals surface area (Å²) < 4.78 is 0.989. The zero-order chi connectivity index (χ0) is 15.1. The molecule has 1 amide bonds. The number of nitrogens with zero attached hydrogens (tertiary/aromatic N) is 1. The Morgan fingerprint density at radius 2 is 1.90 bits per heavy atom. The fraction of sp³-hybridized carbons (Fsp3) is 0.125. The highest BCUT2D eigenvalue weighted by atomic mass is 79.9. The van der Waals surface area contributed by atoms with Crippen molar-refractivity contribution in [1.29, 1.82) is 5.26 Å². The molecule has 5 heteroatoms. The molecule has 0 aliphatic heterocycles. The summed E-state index contributed by atoms with van der Waals surface area (Å²) in [5, 5.41) is 11.5. The molecule has 0 saturated carbocycles. The van der Waals surface area contributed by atoms with Crippen LogP contribution in [0, 0.1) is 11.3 Å². The Hall–Kier alpha value is -1.77. The van der Waals surface area contributed by atoms with E-state index in [2.05, 4.69) is 27.3 Å². The van der Waals surface area contributed by atoms with Gasteiger partial charge in [0.2, 0.25) is 5.91 Å². The van der Waals surface area contributed by atoms with Crippen molar-refractivity contribution in [2.45, 2.75) is 11.3 Å². The SMILES string of the molecule is N#CCc1ccc(NC(=O)CSc2ccccc2Br)cc1. The number of rotatable bonds is 5. The molecule has 0 bridgehead atoms. The molecule has 0 radical (unpaired) electrons. The smallest absolute Gasteiger partial charge is 0.234 e. The number of nitriles is 1. The van der Waals surface area contributed by atoms with E-state index in [1.165, 1.54) is 11.8 Å². The second-order valence-corrected chi connectivity index (χ2v) is 6.17. The van der Waals surface area contributed by atoms with Crippen LogP contribution in [0.1, 0.15) is 5.56 Å². The first-order valence-corrected chi connectivity index (χ1v) is 8.10. The van der Waals surface area contributed by atoms with E-state index >= 15 is 0 Å². The lowest BCUT2D eigenvalue weighted by molar-refractivity contribution is -0.113. The summed E-state index contributed by atoms with van der Waals surface area (Å²) in [6.07, 6.45) is 0.381. The number of thioether (sulfide) groups is 1. The standard InChI is InChI=1S/C16H13BrN2OS/c17-14-3-1-2-4-15(14)21-11-16(20)19-13-7-5-12(6-8-13)9-10-18/h1-8H,9,11H2,(H,19,20). The molecule has 0 aliphatic rings. The van der Waals surface area contributed by atoms with Crippen molar-refractivity contribution in [3.05, 3.63) is 58.6 Å². The lowest BCUT2D eigenvalue weighted by Gasteiger charge is -2.06. The summed E-state index contributed by atoms with van der Waals surface area (Å²) in [5.41, 5.74) is 1.69. The average Bonchev–Trinajstić information content (AvgIpc) is 2.49. The van der Waals surface area contributed by atoms with Crippen LogP contribution in [0.4, 0.5) is 5.69 Å². The Labute approximate surface area is 136 Å². The molecule has 3 nitrogen and oxygen atoms in total. The van der Waals surface area contributed by atoms with Gasteiger partial charge in [0.15, 0.2) is 0 Å². The predicted octanol–water partition coefficient (Wildman–Crippen LogP) is 4.25. The summed E-state index contributed by atoms with van der Waals surface area (Å²) in [4.78, 5) is 12.9. The third-order valence-corrected chi connectivity index (χ3v) is 4.74. The molecule has 0 unspecified atom stereocenters. The molecular weight excluding hydrogens is 348 g/mol. The maximum absolute atomic E-state index is 11.9. The number of hydrogen-bond donors (Lipinski definition) is 1. The molecule has 0 aromatic heterocycles. The van der Waals surface area contributed by atoms with E-state index < -0.39 is 0 Å². The van der Waals surface area contributed by atoms with Crippen LogP contribution in [0.25, 0.3) is 0 Å². The zero-order valence-corrected chi connectivity index (χ0v) is 13.6. The fourth-order valence-electron chi connectivity index (χ4n) is 1.70. The highest BCUT2D eigenvalue weighted by molar-refractivity contribution is 9.10. The van der Waals surface area contributed by atoms with Gasteiger partial charge in [0, 0.05) is 15.1 Å². The zero-order valence-electron chi connectivity index (χ0n) is 11.2. The van der Waals surface area contributed by atoms with Crippen LogP contribution in [0.3, 0.4) is 0 Å². The van der Waals surface area contributed by atoms with Crippen molar-refractivity contribution < 1.29 is 4.79 Å². The Morgan fingerprint density at radius 3 is 2.57 bits per heavy atom. The van der Waals surface area contributed by atoms with Crippen LogP contribution in [0.15, 0.2) is 57.9 Å². The van der Waals surface area contributed by atoms with E-state index in [9.17, 15) is 4.79 Å². The van der Waals surface area contributed by atoms with Crippen LogP contribution in [0.2, 0.25) is 0 Å². The maximum Gasteiger partial charge on any atom is 0.234 e. The molecule has 0 saturated heterocycles. The van der Waals surface area contributed by atoms with Crippen LogP contribution in [0.5, 0.6) is 0 Å². The van der Waals surface area contributed by atoms with Crippen molar-refractivity contribution in [3.8, 4) is 6.07 Å². The first-order valence-electron chi connectivity index (χ1n) is 6.32. The van der Waals surface area contributed by atoms with Crippen molar-refractivity contribution in [1.82, 2.24) is 0 Å². The van der Waals surface area contributed by atoms with Gasteiger partial charge in [-0.1, -0.05) is 24.3 Å². The second-order valence-electron chi connectivity index (χ2n) is 4.30. The van der Waals surface area contributed by atoms with E-state index in [1.807, 2.05) is 48.5 Å². The Kier molecular flexibility index (Phi) is 5.85. The topological polar surface area (TPSA) is 52.9 Å². The molecular formula is C16H13BrN2OS. The highest BCUT2D eigenvalue weighted by Crippen LogP contribution is 2.26. The van der Waals surface area contributed by atoms with E-state index in [-0.39, 0.29) is 5.91 Å². The molecule has 0 aliphatic carbocycles. The monoisotopic (exact) mass is 360 g/mol. The van der Waals surface area contributed by atoms with Gasteiger partial charge in [-0.25, -0.2) is 0 Å². The number of benzene rings is 2. The summed E-state index contributed by atoms with van der Waals surface area (Å²) in [5.74, 6) is 0.298. The van der Waals surface area contributed by atoms with E-state index in [0.717, 1.165) is 20.6 Å². The van der Waals surface area contributed by atoms with E-state index in [0.29, 0.717) is 12.2 Å². The molecule has 2 rings (SSSR count). The third-order valence-electron chi connectivity index (χ3n) is 2.72. The minimum absolute atomic E-state index is 0.0520. The Morgan fingerprint density at radius 1 is 1.19 bits per heavy atom. The molecule has 2 aromatic carbocycles. The molecule has 0 spiro atoms. The Balaban J connectivity index is 1.87. The van der Waals surface area contributed by atoms with Gasteiger partial charge in [-0.2, -0.15) is 5.26 Å². The number of carbonyl (C=O) groups is 1. The fourth-order valence-corrected chi connectivity index (χ4v) is 3.07. The first kappa shape index (κ1) is 15.6. The van der Waals surface area contributed by atoms with Gasteiger partial charge >= 0.3 is 0 Å². The van der Waals surface area contributed by atoms with Crippen LogP contribution in [-0.4, -0.2) is 11.7 Å². The van der Waals surface area contributed by atoms with E-state index in [1.54, 1.807) is 0 Å². The minimum Gasteiger partial charge on any atom is -0.325 e. The summed E-state index contributed by atoms with van der Waals surface area (Å²) in [6, 6.07) is 17.2. The third kappa shape index (κ3) is 4.92. The van der Waals surface area contributed by atoms with E-state index in [4.69, 9.17) is 5.26 Å². The Bertz CT molecular complexity index is 665. The lowest BCUT2D eigenvalue weighted by Crippen LogP contribution is -2.13. The summed E-state index contributed by atoms with van der Waals surface area (Å²) in [7, 11) is 0. The van der Waals surface area contributed by atoms with Crippen LogP contribution >= 0.6 is 27.7 Å². The number of carbonyl (C=O) groups excluding carboxylic acids is 1. The first-order chi connectivity index (χ1) is 10.2. The van der Waals surface area contributed by atoms with Gasteiger partial charge in [-0.3, -0.25) is 4.79 Å². The summed E-state index contributed by atoms with van der Waals surface area (Å²) >= 11 is 4.94. The molecule has 1 N–H and O–H groups in total. The molecule has 0 atom stereocenters. The molecule has 2 aromatic rings. The van der Waals surface area contributed by atoms with Gasteiger partial charge in [0.1, 0.15) is 0 Å². The van der Waals surface area contributed by atoms with Crippen molar-refractivity contribution in [2.24, 2.45) is 0 Å². The van der Waals surface area contributed by atoms with Crippen molar-refractivity contribution in [2.75, 3.05) is 11.1 Å². The van der Waals surface area contributed by atoms with Gasteiger partial charge < -0.3 is 5.32 Å². The lowest BCUT2D eigenvalue weighted by atomic mass is 10.1. The quantitative estimate of drug-likeness (QED) is 0.811. The van der Waals surface area contributed by atoms with Gasteiger partial charge in [0.05, 0.1) is 18.2 Å². The number of nitrogens with one attached hydrogen (secondary N) is 1. The van der Waals surface area contributed by atoms with Gasteiger partial charge in [0.25, 0.3) is 0 Å². The maximum atomic E-state index is 11.9. The minimum atomic E-state index is -0.0520. The van der Waals surface area contributed by atoms with Crippen molar-refractivity contribution in [3.63, 3.8) is 0 Å². The van der Waals surface area contributed by atoms with Crippen molar-refractivity contribution >= 4 is 39.3 Å². The number of amides is 1. The number of halogens is 1. The molecule has 106 valence electrons. The van der Waals surface area contributed by atoms with Crippen LogP contribution < -0.4 is 5.32 Å². The normalized spacial score (nSPS) is 9.90. The number of anilines is 1. The molecule has 0 heterocycles. The highest BCUT2D eigenvalue weighted by Gasteiger charge is 2.05.